The molecule has 0 aliphatic rings. The van der Waals surface area contributed by atoms with E-state index < -0.39 is 5.97 Å². The van der Waals surface area contributed by atoms with Gasteiger partial charge in [-0.15, -0.1) is 0 Å². The second-order valence-corrected chi connectivity index (χ2v) is 6.25. The highest BCUT2D eigenvalue weighted by Gasteiger charge is 2.11. The van der Waals surface area contributed by atoms with Gasteiger partial charge in [0, 0.05) is 23.5 Å². The Morgan fingerprint density at radius 1 is 1.09 bits per heavy atom. The van der Waals surface area contributed by atoms with Gasteiger partial charge in [0.2, 0.25) is 0 Å². The summed E-state index contributed by atoms with van der Waals surface area (Å²) in [5, 5.41) is 12.4. The second-order valence-electron chi connectivity index (χ2n) is 5.33. The van der Waals surface area contributed by atoms with Gasteiger partial charge in [-0.05, 0) is 36.1 Å². The number of halogens is 1. The molecule has 0 aliphatic heterocycles. The molecule has 3 nitrogen and oxygen atoms in total. The van der Waals surface area contributed by atoms with Crippen LogP contribution in [0.3, 0.4) is 0 Å². The fourth-order valence-corrected chi connectivity index (χ4v) is 2.83. The van der Waals surface area contributed by atoms with Crippen LogP contribution in [0, 0.1) is 0 Å². The number of hydrogen-bond donors (Lipinski definition) is 2. The molecule has 0 aromatic heterocycles. The molecular weight excluding hydrogens is 342 g/mol. The van der Waals surface area contributed by atoms with Gasteiger partial charge in [-0.1, -0.05) is 58.4 Å². The number of hydrogen-bond acceptors (Lipinski definition) is 2. The fourth-order valence-electron chi connectivity index (χ4n) is 2.38. The quantitative estimate of drug-likeness (QED) is 0.746. The molecule has 0 heterocycles. The van der Waals surface area contributed by atoms with E-state index in [0.29, 0.717) is 6.42 Å². The zero-order valence-electron chi connectivity index (χ0n) is 12.3. The molecule has 116 valence electrons. The Hall–Kier alpha value is -1.65. The van der Waals surface area contributed by atoms with E-state index in [0.717, 1.165) is 17.4 Å². The number of carbonyl (C=O) groups is 1. The summed E-state index contributed by atoms with van der Waals surface area (Å²) < 4.78 is 1.05. The van der Waals surface area contributed by atoms with Crippen LogP contribution in [0.15, 0.2) is 59.1 Å². The minimum absolute atomic E-state index is 0.150. The Morgan fingerprint density at radius 2 is 1.82 bits per heavy atom. The topological polar surface area (TPSA) is 49.3 Å². The van der Waals surface area contributed by atoms with Crippen molar-refractivity contribution in [1.82, 2.24) is 5.32 Å². The van der Waals surface area contributed by atoms with Crippen molar-refractivity contribution in [1.29, 1.82) is 0 Å². The number of nitrogens with one attached hydrogen (secondary N) is 1. The smallest absolute Gasteiger partial charge is 0.303 e. The maximum absolute atomic E-state index is 10.8. The Balaban J connectivity index is 1.96. The Labute approximate surface area is 139 Å². The summed E-state index contributed by atoms with van der Waals surface area (Å²) in [7, 11) is 0. The first-order valence-corrected chi connectivity index (χ1v) is 8.16. The molecule has 22 heavy (non-hydrogen) atoms. The summed E-state index contributed by atoms with van der Waals surface area (Å²) in [5.74, 6) is -0.748. The summed E-state index contributed by atoms with van der Waals surface area (Å²) in [6.07, 6.45) is 1.64. The van der Waals surface area contributed by atoms with Gasteiger partial charge in [0.15, 0.2) is 0 Å². The van der Waals surface area contributed by atoms with Crippen LogP contribution in [-0.2, 0) is 17.8 Å². The average Bonchev–Trinajstić information content (AvgIpc) is 2.51. The minimum atomic E-state index is -0.748. The number of carboxylic acids is 1. The van der Waals surface area contributed by atoms with Gasteiger partial charge in [-0.25, -0.2) is 0 Å². The van der Waals surface area contributed by atoms with Gasteiger partial charge in [-0.2, -0.15) is 0 Å². The summed E-state index contributed by atoms with van der Waals surface area (Å²) in [6.45, 7) is 0.733. The molecule has 0 radical (unpaired) electrons. The monoisotopic (exact) mass is 361 g/mol. The maximum atomic E-state index is 10.8. The lowest BCUT2D eigenvalue weighted by atomic mass is 10.0. The van der Waals surface area contributed by atoms with Crippen LogP contribution < -0.4 is 5.32 Å². The molecule has 0 bridgehead atoms. The van der Waals surface area contributed by atoms with E-state index in [-0.39, 0.29) is 12.5 Å². The lowest BCUT2D eigenvalue weighted by molar-refractivity contribution is -0.137. The summed E-state index contributed by atoms with van der Waals surface area (Å²) in [6, 6.07) is 18.5. The van der Waals surface area contributed by atoms with Crippen molar-refractivity contribution < 1.29 is 9.90 Å². The lowest BCUT2D eigenvalue weighted by Gasteiger charge is -2.18. The van der Waals surface area contributed by atoms with E-state index in [4.69, 9.17) is 5.11 Å². The highest BCUT2D eigenvalue weighted by Crippen LogP contribution is 2.13. The van der Waals surface area contributed by atoms with E-state index in [2.05, 4.69) is 45.5 Å². The molecule has 2 aromatic carbocycles. The Morgan fingerprint density at radius 3 is 2.50 bits per heavy atom. The summed E-state index contributed by atoms with van der Waals surface area (Å²) >= 11 is 3.47. The van der Waals surface area contributed by atoms with E-state index in [1.807, 2.05) is 30.3 Å². The van der Waals surface area contributed by atoms with Crippen molar-refractivity contribution in [3.05, 3.63) is 70.2 Å². The van der Waals surface area contributed by atoms with E-state index >= 15 is 0 Å². The number of benzene rings is 2. The van der Waals surface area contributed by atoms with Crippen molar-refractivity contribution in [3.63, 3.8) is 0 Å². The van der Waals surface area contributed by atoms with Crippen molar-refractivity contribution >= 4 is 21.9 Å². The van der Waals surface area contributed by atoms with Gasteiger partial charge >= 0.3 is 5.97 Å². The lowest BCUT2D eigenvalue weighted by Crippen LogP contribution is -2.31. The van der Waals surface area contributed by atoms with Gasteiger partial charge in [0.05, 0.1) is 0 Å². The molecule has 0 saturated carbocycles. The first-order valence-electron chi connectivity index (χ1n) is 7.37. The van der Waals surface area contributed by atoms with Crippen LogP contribution in [0.1, 0.15) is 24.0 Å². The first kappa shape index (κ1) is 16.7. The van der Waals surface area contributed by atoms with Crippen LogP contribution >= 0.6 is 15.9 Å². The molecule has 1 atom stereocenters. The van der Waals surface area contributed by atoms with Gasteiger partial charge in [0.1, 0.15) is 0 Å². The molecule has 0 spiro atoms. The van der Waals surface area contributed by atoms with Crippen molar-refractivity contribution in [2.45, 2.75) is 31.8 Å². The molecule has 2 N–H and O–H groups in total. The molecule has 0 aliphatic carbocycles. The standard InChI is InChI=1S/C18H20BrNO2/c19-16-8-4-7-15(11-16)13-20-17(9-10-18(21)22)12-14-5-2-1-3-6-14/h1-8,11,17,20H,9-10,12-13H2,(H,21,22). The van der Waals surface area contributed by atoms with Crippen molar-refractivity contribution in [2.24, 2.45) is 0 Å². The van der Waals surface area contributed by atoms with Gasteiger partial charge in [-0.3, -0.25) is 4.79 Å². The molecular formula is C18H20BrNO2. The third-order valence-corrected chi connectivity index (χ3v) is 4.01. The van der Waals surface area contributed by atoms with Crippen molar-refractivity contribution in [3.8, 4) is 0 Å². The summed E-state index contributed by atoms with van der Waals surface area (Å²) in [5.41, 5.74) is 2.40. The number of aliphatic carboxylic acids is 1. The molecule has 2 aromatic rings. The Kier molecular flexibility index (Phi) is 6.62. The largest absolute Gasteiger partial charge is 0.481 e. The second kappa shape index (κ2) is 8.71. The van der Waals surface area contributed by atoms with Gasteiger partial charge in [0.25, 0.3) is 0 Å². The van der Waals surface area contributed by atoms with Crippen LogP contribution in [0.4, 0.5) is 0 Å². The third-order valence-electron chi connectivity index (χ3n) is 3.52. The highest BCUT2D eigenvalue weighted by molar-refractivity contribution is 9.10. The average molecular weight is 362 g/mol. The Bertz CT molecular complexity index is 601. The van der Waals surface area contributed by atoms with Crippen LogP contribution in [0.2, 0.25) is 0 Å². The number of carboxylic acid groups (broad SMARTS) is 1. The molecule has 2 rings (SSSR count). The van der Waals surface area contributed by atoms with Crippen molar-refractivity contribution in [2.75, 3.05) is 0 Å². The van der Waals surface area contributed by atoms with Crippen LogP contribution in [-0.4, -0.2) is 17.1 Å². The predicted octanol–water partition coefficient (Wildman–Crippen LogP) is 4.01. The van der Waals surface area contributed by atoms with E-state index in [9.17, 15) is 4.79 Å². The molecule has 0 amide bonds. The van der Waals surface area contributed by atoms with E-state index in [1.54, 1.807) is 0 Å². The normalized spacial score (nSPS) is 12.0. The maximum Gasteiger partial charge on any atom is 0.303 e. The number of rotatable bonds is 8. The summed E-state index contributed by atoms with van der Waals surface area (Å²) in [4.78, 5) is 10.8. The fraction of sp³-hybridized carbons (Fsp3) is 0.278. The first-order chi connectivity index (χ1) is 10.6. The zero-order chi connectivity index (χ0) is 15.8. The van der Waals surface area contributed by atoms with Gasteiger partial charge < -0.3 is 10.4 Å². The molecule has 4 heteroatoms. The highest BCUT2D eigenvalue weighted by atomic mass is 79.9. The van der Waals surface area contributed by atoms with Crippen LogP contribution in [0.5, 0.6) is 0 Å². The third kappa shape index (κ3) is 6.00. The zero-order valence-corrected chi connectivity index (χ0v) is 13.9. The predicted molar refractivity (Wildman–Crippen MR) is 91.8 cm³/mol. The molecule has 0 fully saturated rings. The molecule has 0 saturated heterocycles. The SMILES string of the molecule is O=C(O)CCC(Cc1ccccc1)NCc1cccc(Br)c1. The molecule has 1 unspecified atom stereocenters. The van der Waals surface area contributed by atoms with Crippen LogP contribution in [0.25, 0.3) is 0 Å². The minimum Gasteiger partial charge on any atom is -0.481 e. The van der Waals surface area contributed by atoms with E-state index in [1.165, 1.54) is 11.1 Å².